The fourth-order valence-corrected chi connectivity index (χ4v) is 0.808. The molecule has 1 N–H and O–H groups in total. The van der Waals surface area contributed by atoms with Crippen molar-refractivity contribution in [3.05, 3.63) is 0 Å². The first-order valence-electron chi connectivity index (χ1n) is 3.66. The molecule has 0 saturated carbocycles. The normalized spacial score (nSPS) is 9.90. The Morgan fingerprint density at radius 1 is 1.50 bits per heavy atom. The summed E-state index contributed by atoms with van der Waals surface area (Å²) in [4.78, 5) is 12.0. The van der Waals surface area contributed by atoms with Crippen LogP contribution in [0.2, 0.25) is 0 Å². The van der Waals surface area contributed by atoms with Crippen molar-refractivity contribution in [3.63, 3.8) is 0 Å². The Labute approximate surface area is 62.4 Å². The van der Waals surface area contributed by atoms with Gasteiger partial charge in [0.15, 0.2) is 0 Å². The molecule has 0 fully saturated rings. The van der Waals surface area contributed by atoms with Crippen molar-refractivity contribution in [2.75, 3.05) is 26.7 Å². The zero-order valence-corrected chi connectivity index (χ0v) is 6.76. The van der Waals surface area contributed by atoms with Crippen molar-refractivity contribution < 1.29 is 4.79 Å². The second-order valence-electron chi connectivity index (χ2n) is 2.38. The number of hydrogen-bond acceptors (Lipinski definition) is 2. The number of likely N-dealkylation sites (N-methyl/N-ethyl adjacent to an activating group) is 1. The summed E-state index contributed by atoms with van der Waals surface area (Å²) >= 11 is 0. The van der Waals surface area contributed by atoms with Crippen LogP contribution in [0.3, 0.4) is 0 Å². The Bertz CT molecular complexity index is 85.7. The summed E-state index contributed by atoms with van der Waals surface area (Å²) in [6.07, 6.45) is 1.90. The van der Waals surface area contributed by atoms with Gasteiger partial charge in [0.2, 0.25) is 6.41 Å². The van der Waals surface area contributed by atoms with Gasteiger partial charge in [-0.25, -0.2) is 0 Å². The van der Waals surface area contributed by atoms with Crippen LogP contribution in [0.4, 0.5) is 0 Å². The van der Waals surface area contributed by atoms with Crippen LogP contribution in [0.1, 0.15) is 13.3 Å². The van der Waals surface area contributed by atoms with Crippen LogP contribution in [0.25, 0.3) is 0 Å². The van der Waals surface area contributed by atoms with Gasteiger partial charge in [-0.3, -0.25) is 4.79 Å². The fraction of sp³-hybridized carbons (Fsp3) is 0.857. The van der Waals surface area contributed by atoms with Gasteiger partial charge in [-0.05, 0) is 20.0 Å². The molecule has 1 amide bonds. The lowest BCUT2D eigenvalue weighted by Gasteiger charge is -2.13. The molecule has 0 unspecified atom stereocenters. The van der Waals surface area contributed by atoms with Crippen molar-refractivity contribution in [2.45, 2.75) is 13.3 Å². The molecule has 3 heteroatoms. The van der Waals surface area contributed by atoms with E-state index in [1.54, 1.807) is 0 Å². The predicted octanol–water partition coefficient (Wildman–Crippen LogP) is 0.0742. The minimum Gasteiger partial charge on any atom is -0.357 e. The highest BCUT2D eigenvalue weighted by Crippen LogP contribution is 1.82. The maximum Gasteiger partial charge on any atom is 0.207 e. The molecule has 0 aromatic heterocycles. The van der Waals surface area contributed by atoms with Gasteiger partial charge in [-0.2, -0.15) is 0 Å². The Kier molecular flexibility index (Phi) is 6.18. The summed E-state index contributed by atoms with van der Waals surface area (Å²) in [7, 11) is 2.05. The van der Waals surface area contributed by atoms with Crippen molar-refractivity contribution in [1.29, 1.82) is 0 Å². The first kappa shape index (κ1) is 9.43. The maximum atomic E-state index is 9.81. The molecule has 0 radical (unpaired) electrons. The van der Waals surface area contributed by atoms with Gasteiger partial charge in [-0.1, -0.05) is 6.92 Å². The Balaban J connectivity index is 3.04. The van der Waals surface area contributed by atoms with Crippen LogP contribution in [-0.4, -0.2) is 38.0 Å². The molecule has 0 atom stereocenters. The summed E-state index contributed by atoms with van der Waals surface area (Å²) in [5, 5.41) is 2.62. The van der Waals surface area contributed by atoms with E-state index in [4.69, 9.17) is 0 Å². The lowest BCUT2D eigenvalue weighted by Crippen LogP contribution is -2.28. The molecule has 0 heterocycles. The zero-order chi connectivity index (χ0) is 7.82. The number of amides is 1. The van der Waals surface area contributed by atoms with Crippen LogP contribution in [-0.2, 0) is 4.79 Å². The topological polar surface area (TPSA) is 32.3 Å². The van der Waals surface area contributed by atoms with Crippen LogP contribution in [0.15, 0.2) is 0 Å². The highest BCUT2D eigenvalue weighted by atomic mass is 16.1. The molecule has 0 aromatic rings. The number of nitrogens with zero attached hydrogens (tertiary/aromatic N) is 1. The van der Waals surface area contributed by atoms with E-state index in [9.17, 15) is 4.79 Å². The average molecular weight is 144 g/mol. The smallest absolute Gasteiger partial charge is 0.207 e. The molecule has 60 valence electrons. The third kappa shape index (κ3) is 5.56. The molecule has 0 saturated heterocycles. The molecule has 0 spiro atoms. The van der Waals surface area contributed by atoms with Gasteiger partial charge in [0, 0.05) is 13.1 Å². The SMILES string of the molecule is CCCN(C)CCNC=O. The van der Waals surface area contributed by atoms with E-state index in [1.807, 2.05) is 0 Å². The molecule has 0 aliphatic rings. The fourth-order valence-electron chi connectivity index (χ4n) is 0.808. The van der Waals surface area contributed by atoms with Crippen molar-refractivity contribution in [3.8, 4) is 0 Å². The molecule has 10 heavy (non-hydrogen) atoms. The highest BCUT2D eigenvalue weighted by Gasteiger charge is 1.92. The summed E-state index contributed by atoms with van der Waals surface area (Å²) < 4.78 is 0. The van der Waals surface area contributed by atoms with Crippen LogP contribution < -0.4 is 5.32 Å². The molecule has 0 aliphatic heterocycles. The molecule has 0 aliphatic carbocycles. The van der Waals surface area contributed by atoms with E-state index in [2.05, 4.69) is 24.2 Å². The van der Waals surface area contributed by atoms with Gasteiger partial charge >= 0.3 is 0 Å². The predicted molar refractivity (Wildman–Crippen MR) is 41.9 cm³/mol. The number of rotatable bonds is 6. The minimum atomic E-state index is 0.736. The van der Waals surface area contributed by atoms with Crippen molar-refractivity contribution in [2.24, 2.45) is 0 Å². The van der Waals surface area contributed by atoms with E-state index < -0.39 is 0 Å². The largest absolute Gasteiger partial charge is 0.357 e. The molecular formula is C7H16N2O. The van der Waals surface area contributed by atoms with Crippen LogP contribution >= 0.6 is 0 Å². The van der Waals surface area contributed by atoms with Gasteiger partial charge in [0.05, 0.1) is 0 Å². The first-order chi connectivity index (χ1) is 4.81. The minimum absolute atomic E-state index is 0.736. The van der Waals surface area contributed by atoms with Gasteiger partial charge in [0.1, 0.15) is 0 Å². The van der Waals surface area contributed by atoms with E-state index in [1.165, 1.54) is 0 Å². The van der Waals surface area contributed by atoms with Crippen molar-refractivity contribution >= 4 is 6.41 Å². The molecule has 0 rings (SSSR count). The van der Waals surface area contributed by atoms with E-state index in [0.29, 0.717) is 0 Å². The number of carbonyl (C=O) groups excluding carboxylic acids is 1. The molecule has 0 bridgehead atoms. The Morgan fingerprint density at radius 2 is 2.20 bits per heavy atom. The quantitative estimate of drug-likeness (QED) is 0.423. The Morgan fingerprint density at radius 3 is 2.70 bits per heavy atom. The second kappa shape index (κ2) is 6.55. The van der Waals surface area contributed by atoms with Gasteiger partial charge in [0.25, 0.3) is 0 Å². The molecular weight excluding hydrogens is 128 g/mol. The van der Waals surface area contributed by atoms with Crippen molar-refractivity contribution in [1.82, 2.24) is 10.2 Å². The monoisotopic (exact) mass is 144 g/mol. The Hall–Kier alpha value is -0.570. The maximum absolute atomic E-state index is 9.81. The van der Waals surface area contributed by atoms with E-state index >= 15 is 0 Å². The van der Waals surface area contributed by atoms with E-state index in [-0.39, 0.29) is 0 Å². The third-order valence-corrected chi connectivity index (χ3v) is 1.33. The number of hydrogen-bond donors (Lipinski definition) is 1. The first-order valence-corrected chi connectivity index (χ1v) is 3.66. The summed E-state index contributed by atoms with van der Waals surface area (Å²) in [5.74, 6) is 0. The lowest BCUT2D eigenvalue weighted by atomic mass is 10.4. The average Bonchev–Trinajstić information content (AvgIpc) is 1.89. The second-order valence-corrected chi connectivity index (χ2v) is 2.38. The van der Waals surface area contributed by atoms with E-state index in [0.717, 1.165) is 32.5 Å². The standard InChI is InChI=1S/C7H16N2O/c1-3-5-9(2)6-4-8-7-10/h7H,3-6H2,1-2H3,(H,8,10). The summed E-state index contributed by atoms with van der Waals surface area (Å²) in [5.41, 5.74) is 0. The highest BCUT2D eigenvalue weighted by molar-refractivity contribution is 5.45. The third-order valence-electron chi connectivity index (χ3n) is 1.33. The molecule has 0 aromatic carbocycles. The lowest BCUT2D eigenvalue weighted by molar-refractivity contribution is -0.109. The number of carbonyl (C=O) groups is 1. The zero-order valence-electron chi connectivity index (χ0n) is 6.76. The summed E-state index contributed by atoms with van der Waals surface area (Å²) in [6, 6.07) is 0. The van der Waals surface area contributed by atoms with Crippen LogP contribution in [0, 0.1) is 0 Å². The molecule has 3 nitrogen and oxygen atoms in total. The van der Waals surface area contributed by atoms with Gasteiger partial charge in [-0.15, -0.1) is 0 Å². The van der Waals surface area contributed by atoms with Gasteiger partial charge < -0.3 is 10.2 Å². The summed E-state index contributed by atoms with van der Waals surface area (Å²) in [6.45, 7) is 4.93. The number of nitrogens with one attached hydrogen (secondary N) is 1. The van der Waals surface area contributed by atoms with Crippen LogP contribution in [0.5, 0.6) is 0 Å².